The molecule has 0 bridgehead atoms. The van der Waals surface area contributed by atoms with Gasteiger partial charge in [0.2, 0.25) is 0 Å². The van der Waals surface area contributed by atoms with Crippen molar-refractivity contribution in [2.75, 3.05) is 6.26 Å². The fourth-order valence-corrected chi connectivity index (χ4v) is 5.55. The minimum atomic E-state index is -0.144. The van der Waals surface area contributed by atoms with Crippen LogP contribution in [0.5, 0.6) is 0 Å². The molecule has 0 fully saturated rings. The highest BCUT2D eigenvalue weighted by atomic mass is 32.2. The molecule has 0 radical (unpaired) electrons. The third kappa shape index (κ3) is 1.48. The highest BCUT2D eigenvalue weighted by Gasteiger charge is 2.18. The summed E-state index contributed by atoms with van der Waals surface area (Å²) in [5.74, 6) is 0. The van der Waals surface area contributed by atoms with Crippen LogP contribution >= 0.6 is 22.7 Å². The number of hydrogen-bond acceptors (Lipinski definition) is 1. The Balaban J connectivity index is 2.20. The summed E-state index contributed by atoms with van der Waals surface area (Å²) in [5, 5.41) is 0. The number of benzene rings is 2. The average molecular weight is 232 g/mol. The van der Waals surface area contributed by atoms with Gasteiger partial charge in [0, 0.05) is 19.6 Å². The first kappa shape index (κ1) is 9.37. The van der Waals surface area contributed by atoms with Crippen molar-refractivity contribution < 1.29 is 0 Å². The summed E-state index contributed by atoms with van der Waals surface area (Å²) >= 11 is 1.90. The van der Waals surface area contributed by atoms with Crippen LogP contribution in [0.25, 0.3) is 0 Å². The van der Waals surface area contributed by atoms with E-state index in [1.807, 2.05) is 11.8 Å². The number of fused-ring (bicyclic) bond motifs is 2. The lowest BCUT2D eigenvalue weighted by Crippen LogP contribution is -1.94. The molecule has 15 heavy (non-hydrogen) atoms. The van der Waals surface area contributed by atoms with Crippen LogP contribution in [-0.2, 0) is 0 Å². The lowest BCUT2D eigenvalue weighted by Gasteiger charge is -2.27. The molecular formula is C13H12S2. The summed E-state index contributed by atoms with van der Waals surface area (Å²) in [6.45, 7) is 0. The Kier molecular flexibility index (Phi) is 2.26. The van der Waals surface area contributed by atoms with E-state index in [9.17, 15) is 0 Å². The quantitative estimate of drug-likeness (QED) is 0.664. The molecule has 2 heteroatoms. The van der Waals surface area contributed by atoms with Crippen LogP contribution in [0.4, 0.5) is 0 Å². The molecule has 0 aromatic heterocycles. The zero-order valence-corrected chi connectivity index (χ0v) is 10.2. The van der Waals surface area contributed by atoms with E-state index in [4.69, 9.17) is 0 Å². The van der Waals surface area contributed by atoms with Gasteiger partial charge in [-0.15, -0.1) is 0 Å². The first-order valence-corrected chi connectivity index (χ1v) is 7.56. The van der Waals surface area contributed by atoms with Crippen molar-refractivity contribution >= 4 is 22.7 Å². The van der Waals surface area contributed by atoms with Gasteiger partial charge in [-0.3, -0.25) is 0 Å². The predicted octanol–water partition coefficient (Wildman–Crippen LogP) is 4.20. The van der Waals surface area contributed by atoms with Crippen LogP contribution in [0.2, 0.25) is 0 Å². The van der Waals surface area contributed by atoms with Gasteiger partial charge in [-0.25, -0.2) is 10.9 Å². The van der Waals surface area contributed by atoms with Crippen LogP contribution in [-0.4, -0.2) is 6.26 Å². The van der Waals surface area contributed by atoms with Gasteiger partial charge in [0.05, 0.1) is 0 Å². The van der Waals surface area contributed by atoms with Gasteiger partial charge < -0.3 is 0 Å². The number of rotatable bonds is 0. The van der Waals surface area contributed by atoms with Gasteiger partial charge in [-0.1, -0.05) is 36.0 Å². The van der Waals surface area contributed by atoms with Gasteiger partial charge in [0.25, 0.3) is 0 Å². The minimum Gasteiger partial charge on any atom is -0.201 e. The molecule has 0 spiro atoms. The van der Waals surface area contributed by atoms with Gasteiger partial charge in [-0.2, -0.15) is 0 Å². The summed E-state index contributed by atoms with van der Waals surface area (Å²) < 4.78 is 0. The van der Waals surface area contributed by atoms with Crippen LogP contribution in [0.1, 0.15) is 0 Å². The smallest absolute Gasteiger partial charge is 0.0244 e. The normalized spacial score (nSPS) is 15.7. The molecule has 0 saturated heterocycles. The van der Waals surface area contributed by atoms with E-state index < -0.39 is 0 Å². The fourth-order valence-electron chi connectivity index (χ4n) is 1.89. The summed E-state index contributed by atoms with van der Waals surface area (Å²) in [5.41, 5.74) is 0. The van der Waals surface area contributed by atoms with Crippen molar-refractivity contribution in [2.45, 2.75) is 19.6 Å². The molecule has 0 amide bonds. The molecule has 0 nitrogen and oxygen atoms in total. The van der Waals surface area contributed by atoms with Crippen LogP contribution in [0.15, 0.2) is 68.1 Å². The zero-order valence-electron chi connectivity index (χ0n) is 8.47. The van der Waals surface area contributed by atoms with Gasteiger partial charge in [0.15, 0.2) is 0 Å². The molecule has 2 aromatic rings. The summed E-state index contributed by atoms with van der Waals surface area (Å²) in [6, 6.07) is 17.5. The van der Waals surface area contributed by atoms with Crippen molar-refractivity contribution in [3.05, 3.63) is 48.5 Å². The topological polar surface area (TPSA) is 0 Å². The van der Waals surface area contributed by atoms with E-state index in [1.54, 1.807) is 0 Å². The second-order valence-corrected chi connectivity index (χ2v) is 6.76. The lowest BCUT2D eigenvalue weighted by molar-refractivity contribution is 1.14. The minimum absolute atomic E-state index is 0.144. The molecule has 0 N–H and O–H groups in total. The van der Waals surface area contributed by atoms with Crippen molar-refractivity contribution in [2.24, 2.45) is 0 Å². The van der Waals surface area contributed by atoms with Gasteiger partial charge in [-0.05, 0) is 30.5 Å². The standard InChI is InChI=1S/C13H12S2/c1-15-12-8-4-2-6-10(12)14-11-7-3-5-9-13(11)15/h2-9,15H,1H3. The monoisotopic (exact) mass is 232 g/mol. The van der Waals surface area contributed by atoms with E-state index in [-0.39, 0.29) is 10.9 Å². The second kappa shape index (κ2) is 3.62. The maximum absolute atomic E-state index is 2.35. The lowest BCUT2D eigenvalue weighted by atomic mass is 10.3. The molecule has 1 heterocycles. The number of thiol groups is 1. The maximum atomic E-state index is 2.35. The molecular weight excluding hydrogens is 220 g/mol. The predicted molar refractivity (Wildman–Crippen MR) is 68.4 cm³/mol. The number of hydrogen-bond donors (Lipinski definition) is 1. The van der Waals surface area contributed by atoms with E-state index in [1.165, 1.54) is 19.6 Å². The zero-order chi connectivity index (χ0) is 10.3. The Bertz CT molecular complexity index is 460. The largest absolute Gasteiger partial charge is 0.201 e. The molecule has 0 saturated carbocycles. The van der Waals surface area contributed by atoms with E-state index in [0.717, 1.165) is 0 Å². The summed E-state index contributed by atoms with van der Waals surface area (Å²) in [7, 11) is -0.144. The van der Waals surface area contributed by atoms with Gasteiger partial charge in [0.1, 0.15) is 0 Å². The maximum Gasteiger partial charge on any atom is 0.0244 e. The van der Waals surface area contributed by atoms with E-state index >= 15 is 0 Å². The average Bonchev–Trinajstić information content (AvgIpc) is 2.30. The Labute approximate surface area is 97.1 Å². The second-order valence-electron chi connectivity index (χ2n) is 3.60. The Hall–Kier alpha value is -0.860. The van der Waals surface area contributed by atoms with Crippen molar-refractivity contribution in [1.82, 2.24) is 0 Å². The Morgan fingerprint density at radius 1 is 0.800 bits per heavy atom. The van der Waals surface area contributed by atoms with Crippen molar-refractivity contribution in [3.8, 4) is 0 Å². The van der Waals surface area contributed by atoms with Gasteiger partial charge >= 0.3 is 0 Å². The molecule has 1 aliphatic heterocycles. The van der Waals surface area contributed by atoms with E-state index in [2.05, 4.69) is 54.8 Å². The first-order valence-electron chi connectivity index (χ1n) is 4.96. The Morgan fingerprint density at radius 2 is 1.27 bits per heavy atom. The molecule has 3 rings (SSSR count). The molecule has 0 unspecified atom stereocenters. The fraction of sp³-hybridized carbons (Fsp3) is 0.0769. The van der Waals surface area contributed by atoms with Crippen LogP contribution < -0.4 is 0 Å². The third-order valence-electron chi connectivity index (χ3n) is 2.67. The van der Waals surface area contributed by atoms with Crippen LogP contribution in [0, 0.1) is 0 Å². The van der Waals surface area contributed by atoms with Crippen molar-refractivity contribution in [1.29, 1.82) is 0 Å². The van der Waals surface area contributed by atoms with Crippen LogP contribution in [0.3, 0.4) is 0 Å². The highest BCUT2D eigenvalue weighted by Crippen LogP contribution is 2.55. The molecule has 0 aliphatic carbocycles. The molecule has 2 aromatic carbocycles. The molecule has 1 aliphatic rings. The summed E-state index contributed by atoms with van der Waals surface area (Å²) in [4.78, 5) is 5.92. The SMILES string of the molecule is C[SH]1c2ccccc2Sc2ccccc21. The third-order valence-corrected chi connectivity index (χ3v) is 6.35. The van der Waals surface area contributed by atoms with E-state index in [0.29, 0.717) is 0 Å². The van der Waals surface area contributed by atoms with Crippen molar-refractivity contribution in [3.63, 3.8) is 0 Å². The molecule has 76 valence electrons. The first-order chi connectivity index (χ1) is 7.36. The highest BCUT2D eigenvalue weighted by molar-refractivity contribution is 8.18. The summed E-state index contributed by atoms with van der Waals surface area (Å²) in [6.07, 6.45) is 2.35. The Morgan fingerprint density at radius 3 is 1.80 bits per heavy atom. The molecule has 0 atom stereocenters.